The van der Waals surface area contributed by atoms with Gasteiger partial charge in [-0.25, -0.2) is 0 Å². The fraction of sp³-hybridized carbons (Fsp3) is 0.0455. The van der Waals surface area contributed by atoms with Crippen molar-refractivity contribution in [2.45, 2.75) is 6.10 Å². The number of para-hydroxylation sites is 2. The van der Waals surface area contributed by atoms with Gasteiger partial charge in [0.05, 0.1) is 11.4 Å². The zero-order valence-electron chi connectivity index (χ0n) is 13.4. The normalized spacial score (nSPS) is 16.0. The highest BCUT2D eigenvalue weighted by Crippen LogP contribution is 2.35. The molecular formula is C22H15NO2. The highest BCUT2D eigenvalue weighted by atomic mass is 16.5. The molecule has 0 amide bonds. The molecule has 0 N–H and O–H groups in total. The highest BCUT2D eigenvalue weighted by Gasteiger charge is 2.31. The van der Waals surface area contributed by atoms with E-state index in [9.17, 15) is 4.79 Å². The van der Waals surface area contributed by atoms with Gasteiger partial charge in [0.2, 0.25) is 5.78 Å². The molecule has 3 nitrogen and oxygen atoms in total. The molecule has 1 aliphatic rings. The van der Waals surface area contributed by atoms with E-state index in [-0.39, 0.29) is 5.78 Å². The van der Waals surface area contributed by atoms with Crippen molar-refractivity contribution >= 4 is 16.6 Å². The number of nitrogens with zero attached hydrogens (tertiary/aromatic N) is 1. The van der Waals surface area contributed by atoms with Crippen molar-refractivity contribution in [1.82, 2.24) is 4.57 Å². The van der Waals surface area contributed by atoms with E-state index in [2.05, 4.69) is 12.1 Å². The number of carbonyl (C=O) groups excluding carboxylic acids is 1. The van der Waals surface area contributed by atoms with Crippen LogP contribution in [0.5, 0.6) is 5.75 Å². The van der Waals surface area contributed by atoms with Gasteiger partial charge < -0.3 is 9.30 Å². The number of carbonyl (C=O) groups is 1. The first-order valence-corrected chi connectivity index (χ1v) is 8.27. The number of Topliss-reactive ketones (excluding diaryl/α,β-unsaturated/α-hetero) is 1. The van der Waals surface area contributed by atoms with E-state index in [0.29, 0.717) is 11.4 Å². The summed E-state index contributed by atoms with van der Waals surface area (Å²) in [5, 5.41) is 2.25. The Hall–Kier alpha value is -3.33. The molecule has 3 aromatic carbocycles. The van der Waals surface area contributed by atoms with Crippen LogP contribution in [0.3, 0.4) is 0 Å². The summed E-state index contributed by atoms with van der Waals surface area (Å²) in [6.07, 6.45) is 1.25. The van der Waals surface area contributed by atoms with Gasteiger partial charge in [0.1, 0.15) is 5.75 Å². The molecule has 2 heterocycles. The average molecular weight is 325 g/mol. The minimum Gasteiger partial charge on any atom is -0.475 e. The molecule has 1 aliphatic heterocycles. The van der Waals surface area contributed by atoms with E-state index in [1.165, 1.54) is 0 Å². The van der Waals surface area contributed by atoms with Crippen molar-refractivity contribution in [1.29, 1.82) is 0 Å². The molecule has 4 aromatic rings. The van der Waals surface area contributed by atoms with Crippen molar-refractivity contribution < 1.29 is 9.53 Å². The van der Waals surface area contributed by atoms with Crippen LogP contribution in [-0.2, 0) is 0 Å². The number of ether oxygens (including phenoxy) is 1. The molecule has 0 radical (unpaired) electrons. The molecule has 5 rings (SSSR count). The topological polar surface area (TPSA) is 31.2 Å². The van der Waals surface area contributed by atoms with Gasteiger partial charge in [-0.15, -0.1) is 0 Å². The Bertz CT molecular complexity index is 1110. The Balaban J connectivity index is 1.70. The lowest BCUT2D eigenvalue weighted by atomic mass is 10.00. The van der Waals surface area contributed by atoms with Gasteiger partial charge >= 0.3 is 0 Å². The van der Waals surface area contributed by atoms with Crippen LogP contribution in [0.1, 0.15) is 22.2 Å². The predicted molar refractivity (Wildman–Crippen MR) is 97.4 cm³/mol. The molecule has 0 saturated heterocycles. The molecule has 1 atom stereocenters. The summed E-state index contributed by atoms with van der Waals surface area (Å²) < 4.78 is 8.08. The monoisotopic (exact) mass is 325 g/mol. The Morgan fingerprint density at radius 3 is 2.52 bits per heavy atom. The van der Waals surface area contributed by atoms with Gasteiger partial charge in [0.25, 0.3) is 0 Å². The van der Waals surface area contributed by atoms with E-state index in [1.807, 2.05) is 77.5 Å². The van der Waals surface area contributed by atoms with Crippen molar-refractivity contribution in [3.8, 4) is 11.4 Å². The fourth-order valence-electron chi connectivity index (χ4n) is 3.45. The van der Waals surface area contributed by atoms with E-state index in [1.54, 1.807) is 0 Å². The molecule has 25 heavy (non-hydrogen) atoms. The van der Waals surface area contributed by atoms with E-state index >= 15 is 0 Å². The number of hydrogen-bond acceptors (Lipinski definition) is 2. The minimum absolute atomic E-state index is 0.0310. The average Bonchev–Trinajstić information content (AvgIpc) is 3.11. The van der Waals surface area contributed by atoms with Crippen LogP contribution >= 0.6 is 0 Å². The van der Waals surface area contributed by atoms with Gasteiger partial charge in [-0.1, -0.05) is 48.5 Å². The van der Waals surface area contributed by atoms with Crippen LogP contribution < -0.4 is 4.74 Å². The molecule has 0 fully saturated rings. The summed E-state index contributed by atoms with van der Waals surface area (Å²) in [5.74, 6) is 0.681. The van der Waals surface area contributed by atoms with Gasteiger partial charge in [-0.2, -0.15) is 0 Å². The Kier molecular flexibility index (Phi) is 3.01. The van der Waals surface area contributed by atoms with Crippen molar-refractivity contribution in [3.63, 3.8) is 0 Å². The maximum atomic E-state index is 13.2. The number of rotatable bonds is 1. The molecule has 3 heteroatoms. The molecule has 0 spiro atoms. The first kappa shape index (κ1) is 14.1. The number of hydrogen-bond donors (Lipinski definition) is 0. The minimum atomic E-state index is -0.651. The smallest absolute Gasteiger partial charge is 0.224 e. The van der Waals surface area contributed by atoms with Crippen LogP contribution in [0, 0.1) is 0 Å². The molecule has 0 unspecified atom stereocenters. The molecular weight excluding hydrogens is 310 g/mol. The summed E-state index contributed by atoms with van der Waals surface area (Å²) in [6, 6.07) is 25.7. The van der Waals surface area contributed by atoms with E-state index in [0.717, 1.165) is 22.0 Å². The van der Waals surface area contributed by atoms with E-state index in [4.69, 9.17) is 4.74 Å². The van der Waals surface area contributed by atoms with Crippen molar-refractivity contribution in [2.75, 3.05) is 0 Å². The van der Waals surface area contributed by atoms with Gasteiger partial charge in [0, 0.05) is 11.8 Å². The highest BCUT2D eigenvalue weighted by molar-refractivity contribution is 6.01. The van der Waals surface area contributed by atoms with Crippen LogP contribution in [0.4, 0.5) is 0 Å². The largest absolute Gasteiger partial charge is 0.475 e. The molecule has 0 aliphatic carbocycles. The quantitative estimate of drug-likeness (QED) is 0.496. The summed E-state index contributed by atoms with van der Waals surface area (Å²) >= 11 is 0. The lowest BCUT2D eigenvalue weighted by molar-refractivity contribution is 0.0796. The van der Waals surface area contributed by atoms with E-state index < -0.39 is 6.10 Å². The summed E-state index contributed by atoms with van der Waals surface area (Å²) in [5.41, 5.74) is 2.40. The Morgan fingerprint density at radius 2 is 1.60 bits per heavy atom. The molecule has 0 bridgehead atoms. The first-order chi connectivity index (χ1) is 12.3. The Labute approximate surface area is 145 Å². The predicted octanol–water partition coefficient (Wildman–Crippen LogP) is 4.95. The van der Waals surface area contributed by atoms with Crippen LogP contribution in [-0.4, -0.2) is 10.4 Å². The lowest BCUT2D eigenvalue weighted by Crippen LogP contribution is -2.18. The zero-order chi connectivity index (χ0) is 16.8. The third-order valence-corrected chi connectivity index (χ3v) is 4.69. The molecule has 120 valence electrons. The third kappa shape index (κ3) is 2.17. The van der Waals surface area contributed by atoms with Gasteiger partial charge in [-0.05, 0) is 41.1 Å². The maximum Gasteiger partial charge on any atom is 0.224 e. The molecule has 0 saturated carbocycles. The third-order valence-electron chi connectivity index (χ3n) is 4.69. The van der Waals surface area contributed by atoms with Gasteiger partial charge in [0.15, 0.2) is 6.10 Å². The summed E-state index contributed by atoms with van der Waals surface area (Å²) in [7, 11) is 0. The van der Waals surface area contributed by atoms with Crippen molar-refractivity contribution in [2.24, 2.45) is 0 Å². The van der Waals surface area contributed by atoms with Crippen LogP contribution in [0.2, 0.25) is 0 Å². The number of aromatic nitrogens is 1. The fourth-order valence-corrected chi connectivity index (χ4v) is 3.45. The summed E-state index contributed by atoms with van der Waals surface area (Å²) in [4.78, 5) is 13.2. The maximum absolute atomic E-state index is 13.2. The summed E-state index contributed by atoms with van der Waals surface area (Å²) in [6.45, 7) is 0. The number of benzene rings is 3. The Morgan fingerprint density at radius 1 is 0.800 bits per heavy atom. The molecule has 1 aromatic heterocycles. The van der Waals surface area contributed by atoms with Gasteiger partial charge in [-0.3, -0.25) is 4.79 Å². The number of ketones is 1. The SMILES string of the molecule is O=C1c2cccn2-c2ccccc2O[C@@H]1c1ccc2ccccc2c1. The first-order valence-electron chi connectivity index (χ1n) is 8.27. The second kappa shape index (κ2) is 5.35. The van der Waals surface area contributed by atoms with Crippen LogP contribution in [0.15, 0.2) is 85.1 Å². The lowest BCUT2D eigenvalue weighted by Gasteiger charge is -2.17. The standard InChI is InChI=1S/C22H15NO2/c24-21-19-9-5-13-23(19)18-8-3-4-10-20(18)25-22(21)17-12-11-15-6-1-2-7-16(15)14-17/h1-14,22H/t22-/m1/s1. The second-order valence-electron chi connectivity index (χ2n) is 6.20. The second-order valence-corrected chi connectivity index (χ2v) is 6.20. The zero-order valence-corrected chi connectivity index (χ0v) is 13.4. The van der Waals surface area contributed by atoms with Crippen LogP contribution in [0.25, 0.3) is 16.5 Å². The van der Waals surface area contributed by atoms with Crippen molar-refractivity contribution in [3.05, 3.63) is 96.3 Å². The number of fused-ring (bicyclic) bond motifs is 4.